The van der Waals surface area contributed by atoms with Gasteiger partial charge in [-0.05, 0) is 12.3 Å². The lowest BCUT2D eigenvalue weighted by atomic mass is 10.2. The second-order valence-electron chi connectivity index (χ2n) is 4.65. The minimum Gasteiger partial charge on any atom is -0.396 e. The number of ether oxygens (including phenoxy) is 1. The van der Waals surface area contributed by atoms with E-state index < -0.39 is 0 Å². The Kier molecular flexibility index (Phi) is 5.64. The average molecular weight is 254 g/mol. The van der Waals surface area contributed by atoms with Gasteiger partial charge in [-0.1, -0.05) is 13.8 Å². The Bertz CT molecular complexity index is 368. The van der Waals surface area contributed by atoms with Crippen molar-refractivity contribution in [3.8, 4) is 0 Å². The second kappa shape index (κ2) is 7.00. The molecular formula is C12H22N4O2. The van der Waals surface area contributed by atoms with E-state index in [1.54, 1.807) is 7.05 Å². The van der Waals surface area contributed by atoms with Gasteiger partial charge in [0.05, 0.1) is 11.9 Å². The number of carbonyl (C=O) groups excluding carboxylic acids is 1. The normalized spacial score (nSPS) is 10.9. The van der Waals surface area contributed by atoms with Gasteiger partial charge in [0.2, 0.25) is 0 Å². The van der Waals surface area contributed by atoms with Crippen molar-refractivity contribution in [3.05, 3.63) is 11.9 Å². The molecule has 0 fully saturated rings. The molecule has 0 aliphatic heterocycles. The van der Waals surface area contributed by atoms with Crippen LogP contribution in [0.15, 0.2) is 6.20 Å². The number of aromatic nitrogens is 2. The highest BCUT2D eigenvalue weighted by Gasteiger charge is 2.13. The van der Waals surface area contributed by atoms with Crippen molar-refractivity contribution in [1.82, 2.24) is 15.1 Å². The third-order valence-corrected chi connectivity index (χ3v) is 2.38. The number of carbonyl (C=O) groups is 1. The van der Waals surface area contributed by atoms with Crippen LogP contribution in [0.1, 0.15) is 30.8 Å². The van der Waals surface area contributed by atoms with Gasteiger partial charge < -0.3 is 15.8 Å². The largest absolute Gasteiger partial charge is 0.396 e. The van der Waals surface area contributed by atoms with E-state index in [1.807, 2.05) is 0 Å². The van der Waals surface area contributed by atoms with Crippen LogP contribution in [0.3, 0.4) is 0 Å². The molecule has 1 amide bonds. The molecular weight excluding hydrogens is 232 g/mol. The van der Waals surface area contributed by atoms with E-state index >= 15 is 0 Å². The van der Waals surface area contributed by atoms with Crippen LogP contribution in [0.4, 0.5) is 5.69 Å². The number of nitrogens with one attached hydrogen (secondary N) is 1. The molecule has 102 valence electrons. The lowest BCUT2D eigenvalue weighted by Crippen LogP contribution is -2.28. The summed E-state index contributed by atoms with van der Waals surface area (Å²) in [5.74, 6) is 0.338. The lowest BCUT2D eigenvalue weighted by Gasteiger charge is -2.08. The molecule has 1 aromatic heterocycles. The smallest absolute Gasteiger partial charge is 0.271 e. The van der Waals surface area contributed by atoms with Gasteiger partial charge in [-0.25, -0.2) is 0 Å². The van der Waals surface area contributed by atoms with E-state index in [2.05, 4.69) is 24.3 Å². The first-order valence-electron chi connectivity index (χ1n) is 6.15. The van der Waals surface area contributed by atoms with Crippen molar-refractivity contribution in [2.75, 3.05) is 25.5 Å². The molecule has 0 atom stereocenters. The summed E-state index contributed by atoms with van der Waals surface area (Å²) in [5.41, 5.74) is 6.45. The quantitative estimate of drug-likeness (QED) is 0.705. The zero-order valence-corrected chi connectivity index (χ0v) is 11.3. The highest BCUT2D eigenvalue weighted by Crippen LogP contribution is 2.08. The van der Waals surface area contributed by atoms with Crippen LogP contribution in [0.5, 0.6) is 0 Å². The Labute approximate surface area is 107 Å². The van der Waals surface area contributed by atoms with Crippen LogP contribution in [-0.2, 0) is 11.8 Å². The van der Waals surface area contributed by atoms with E-state index in [1.165, 1.54) is 10.9 Å². The summed E-state index contributed by atoms with van der Waals surface area (Å²) in [5, 5.41) is 6.72. The Hall–Kier alpha value is -1.56. The fourth-order valence-electron chi connectivity index (χ4n) is 1.51. The summed E-state index contributed by atoms with van der Waals surface area (Å²) in [6, 6.07) is 0. The summed E-state index contributed by atoms with van der Waals surface area (Å²) in [6.07, 6.45) is 2.26. The minimum absolute atomic E-state index is 0.198. The van der Waals surface area contributed by atoms with Crippen LogP contribution in [0, 0.1) is 5.92 Å². The van der Waals surface area contributed by atoms with Gasteiger partial charge in [0, 0.05) is 26.8 Å². The number of nitrogens with zero attached hydrogens (tertiary/aromatic N) is 2. The predicted octanol–water partition coefficient (Wildman–Crippen LogP) is 0.795. The molecule has 18 heavy (non-hydrogen) atoms. The molecule has 0 saturated carbocycles. The maximum absolute atomic E-state index is 11.8. The zero-order valence-electron chi connectivity index (χ0n) is 11.3. The van der Waals surface area contributed by atoms with Gasteiger partial charge in [-0.3, -0.25) is 9.48 Å². The Balaban J connectivity index is 2.22. The summed E-state index contributed by atoms with van der Waals surface area (Å²) < 4.78 is 6.89. The lowest BCUT2D eigenvalue weighted by molar-refractivity contribution is 0.0917. The van der Waals surface area contributed by atoms with Crippen molar-refractivity contribution in [2.24, 2.45) is 13.0 Å². The average Bonchev–Trinajstić information content (AvgIpc) is 2.63. The first-order valence-corrected chi connectivity index (χ1v) is 6.15. The maximum atomic E-state index is 11.8. The van der Waals surface area contributed by atoms with E-state index in [9.17, 15) is 4.79 Å². The molecule has 0 aromatic carbocycles. The monoisotopic (exact) mass is 254 g/mol. The number of hydrogen-bond donors (Lipinski definition) is 2. The van der Waals surface area contributed by atoms with Gasteiger partial charge in [0.25, 0.3) is 5.91 Å². The molecule has 6 nitrogen and oxygen atoms in total. The number of hydrogen-bond acceptors (Lipinski definition) is 4. The van der Waals surface area contributed by atoms with Crippen LogP contribution in [0.25, 0.3) is 0 Å². The number of anilines is 1. The number of nitrogen functional groups attached to an aromatic ring is 1. The molecule has 1 rings (SSSR count). The Morgan fingerprint density at radius 1 is 1.61 bits per heavy atom. The van der Waals surface area contributed by atoms with E-state index in [4.69, 9.17) is 10.5 Å². The fraction of sp³-hybridized carbons (Fsp3) is 0.667. The summed E-state index contributed by atoms with van der Waals surface area (Å²) in [4.78, 5) is 11.8. The van der Waals surface area contributed by atoms with Gasteiger partial charge in [-0.2, -0.15) is 5.10 Å². The van der Waals surface area contributed by atoms with Crippen molar-refractivity contribution < 1.29 is 9.53 Å². The van der Waals surface area contributed by atoms with Crippen LogP contribution < -0.4 is 11.1 Å². The summed E-state index contributed by atoms with van der Waals surface area (Å²) >= 11 is 0. The molecule has 0 aliphatic carbocycles. The molecule has 1 aromatic rings. The maximum Gasteiger partial charge on any atom is 0.271 e. The van der Waals surface area contributed by atoms with Gasteiger partial charge in [0.1, 0.15) is 5.69 Å². The third-order valence-electron chi connectivity index (χ3n) is 2.38. The topological polar surface area (TPSA) is 82.2 Å². The SMILES string of the molecule is CC(C)COCCCNC(=O)c1c(N)cnn1C. The highest BCUT2D eigenvalue weighted by molar-refractivity contribution is 5.97. The Morgan fingerprint density at radius 2 is 2.33 bits per heavy atom. The third kappa shape index (κ3) is 4.37. The molecule has 3 N–H and O–H groups in total. The van der Waals surface area contributed by atoms with Crippen LogP contribution >= 0.6 is 0 Å². The zero-order chi connectivity index (χ0) is 13.5. The number of nitrogens with two attached hydrogens (primary N) is 1. The molecule has 0 bridgehead atoms. The molecule has 1 heterocycles. The molecule has 0 spiro atoms. The Morgan fingerprint density at radius 3 is 2.89 bits per heavy atom. The summed E-state index contributed by atoms with van der Waals surface area (Å²) in [6.45, 7) is 6.18. The van der Waals surface area contributed by atoms with Crippen molar-refractivity contribution >= 4 is 11.6 Å². The summed E-state index contributed by atoms with van der Waals surface area (Å²) in [7, 11) is 1.69. The minimum atomic E-state index is -0.198. The molecule has 6 heteroatoms. The standard InChI is InChI=1S/C12H22N4O2/c1-9(2)8-18-6-4-5-14-12(17)11-10(13)7-15-16(11)3/h7,9H,4-6,8,13H2,1-3H3,(H,14,17). The number of aryl methyl sites for hydroxylation is 1. The second-order valence-corrected chi connectivity index (χ2v) is 4.65. The number of amides is 1. The highest BCUT2D eigenvalue weighted by atomic mass is 16.5. The molecule has 0 radical (unpaired) electrons. The van der Waals surface area contributed by atoms with Crippen LogP contribution in [-0.4, -0.2) is 35.4 Å². The van der Waals surface area contributed by atoms with Crippen molar-refractivity contribution in [1.29, 1.82) is 0 Å². The molecule has 0 unspecified atom stereocenters. The van der Waals surface area contributed by atoms with Gasteiger partial charge >= 0.3 is 0 Å². The van der Waals surface area contributed by atoms with E-state index in [0.29, 0.717) is 30.5 Å². The fourth-order valence-corrected chi connectivity index (χ4v) is 1.51. The van der Waals surface area contributed by atoms with Crippen molar-refractivity contribution in [2.45, 2.75) is 20.3 Å². The molecule has 0 saturated heterocycles. The first-order chi connectivity index (χ1) is 8.52. The van der Waals surface area contributed by atoms with Crippen LogP contribution in [0.2, 0.25) is 0 Å². The predicted molar refractivity (Wildman–Crippen MR) is 70.2 cm³/mol. The van der Waals surface area contributed by atoms with E-state index in [-0.39, 0.29) is 5.91 Å². The van der Waals surface area contributed by atoms with Gasteiger partial charge in [0.15, 0.2) is 0 Å². The van der Waals surface area contributed by atoms with Crippen molar-refractivity contribution in [3.63, 3.8) is 0 Å². The molecule has 0 aliphatic rings. The first kappa shape index (κ1) is 14.5. The number of rotatable bonds is 7. The van der Waals surface area contributed by atoms with Gasteiger partial charge in [-0.15, -0.1) is 0 Å². The van der Waals surface area contributed by atoms with E-state index in [0.717, 1.165) is 13.0 Å².